The number of carbonyl (C=O) groups excluding carboxylic acids is 2. The Labute approximate surface area is 160 Å². The zero-order valence-electron chi connectivity index (χ0n) is 15.8. The van der Waals surface area contributed by atoms with Crippen LogP contribution in [-0.4, -0.2) is 78.5 Å². The van der Waals surface area contributed by atoms with Gasteiger partial charge in [-0.05, 0) is 37.1 Å². The van der Waals surface area contributed by atoms with Gasteiger partial charge in [0.05, 0.1) is 0 Å². The molecule has 0 spiro atoms. The lowest BCUT2D eigenvalue weighted by Crippen LogP contribution is -2.65. The molecule has 1 unspecified atom stereocenters. The Morgan fingerprint density at radius 1 is 1.04 bits per heavy atom. The smallest absolute Gasteiger partial charge is 0.317 e. The number of carbonyl (C=O) groups is 2. The van der Waals surface area contributed by atoms with Crippen LogP contribution in [0.15, 0.2) is 24.3 Å². The van der Waals surface area contributed by atoms with Crippen molar-refractivity contribution in [2.75, 3.05) is 45.8 Å². The van der Waals surface area contributed by atoms with E-state index >= 15 is 0 Å². The van der Waals surface area contributed by atoms with Crippen LogP contribution in [0.1, 0.15) is 24.0 Å². The molecule has 3 amide bonds. The first-order valence-electron chi connectivity index (χ1n) is 10.0. The molecular weight excluding hydrogens is 342 g/mol. The quantitative estimate of drug-likeness (QED) is 0.814. The van der Waals surface area contributed by atoms with E-state index in [1.807, 2.05) is 0 Å². The summed E-state index contributed by atoms with van der Waals surface area (Å²) in [7, 11) is 0. The van der Waals surface area contributed by atoms with Gasteiger partial charge in [0.1, 0.15) is 6.04 Å². The van der Waals surface area contributed by atoms with Crippen LogP contribution in [0.3, 0.4) is 0 Å². The molecule has 0 aliphatic carbocycles. The molecule has 7 nitrogen and oxygen atoms in total. The molecule has 3 aliphatic rings. The molecule has 27 heavy (non-hydrogen) atoms. The molecule has 1 atom stereocenters. The fourth-order valence-corrected chi connectivity index (χ4v) is 4.21. The maximum atomic E-state index is 12.5. The van der Waals surface area contributed by atoms with Crippen LogP contribution in [0.2, 0.25) is 0 Å². The van der Waals surface area contributed by atoms with Gasteiger partial charge in [-0.3, -0.25) is 14.6 Å². The van der Waals surface area contributed by atoms with Crippen LogP contribution >= 0.6 is 0 Å². The first kappa shape index (κ1) is 18.3. The molecule has 146 valence electrons. The Kier molecular flexibility index (Phi) is 5.59. The van der Waals surface area contributed by atoms with Crippen molar-refractivity contribution in [3.8, 4) is 0 Å². The first-order chi connectivity index (χ1) is 13.2. The minimum Gasteiger partial charge on any atom is -0.353 e. The molecule has 1 aromatic rings. The highest BCUT2D eigenvalue weighted by Crippen LogP contribution is 2.14. The molecule has 1 aromatic carbocycles. The van der Waals surface area contributed by atoms with Gasteiger partial charge in [0.15, 0.2) is 0 Å². The maximum absolute atomic E-state index is 12.5. The van der Waals surface area contributed by atoms with E-state index in [2.05, 4.69) is 44.7 Å². The minimum absolute atomic E-state index is 0.0346. The number of hydrogen-bond donors (Lipinski definition) is 2. The number of amides is 3. The summed E-state index contributed by atoms with van der Waals surface area (Å²) in [5.74, 6) is 0.0346. The fourth-order valence-electron chi connectivity index (χ4n) is 4.21. The highest BCUT2D eigenvalue weighted by molar-refractivity contribution is 5.84. The van der Waals surface area contributed by atoms with E-state index in [9.17, 15) is 9.59 Å². The normalized spacial score (nSPS) is 23.8. The van der Waals surface area contributed by atoms with E-state index in [-0.39, 0.29) is 18.0 Å². The molecule has 3 saturated heterocycles. The highest BCUT2D eigenvalue weighted by Gasteiger charge is 2.36. The molecule has 2 N–H and O–H groups in total. The number of piperazine rings is 2. The standard InChI is InChI=1S/C20H29N5O2/c26-19-18-15-25(12-11-24(18)10-7-21-19)20(27)22-13-16-3-5-17(6-4-16)14-23-8-1-2-9-23/h3-6,18H,1-2,7-15H2,(H,21,26)(H,22,27). The summed E-state index contributed by atoms with van der Waals surface area (Å²) < 4.78 is 0. The van der Waals surface area contributed by atoms with Crippen LogP contribution in [0.25, 0.3) is 0 Å². The second-order valence-corrected chi connectivity index (χ2v) is 7.75. The van der Waals surface area contributed by atoms with Gasteiger partial charge in [-0.15, -0.1) is 0 Å². The van der Waals surface area contributed by atoms with Gasteiger partial charge in [-0.1, -0.05) is 24.3 Å². The number of rotatable bonds is 4. The monoisotopic (exact) mass is 371 g/mol. The molecular formula is C20H29N5O2. The van der Waals surface area contributed by atoms with Crippen molar-refractivity contribution >= 4 is 11.9 Å². The Morgan fingerprint density at radius 3 is 2.56 bits per heavy atom. The number of fused-ring (bicyclic) bond motifs is 1. The van der Waals surface area contributed by atoms with Gasteiger partial charge in [-0.25, -0.2) is 4.79 Å². The summed E-state index contributed by atoms with van der Waals surface area (Å²) in [6, 6.07) is 8.21. The van der Waals surface area contributed by atoms with Crippen molar-refractivity contribution in [2.45, 2.75) is 32.0 Å². The topological polar surface area (TPSA) is 67.9 Å². The number of hydrogen-bond acceptors (Lipinski definition) is 4. The number of nitrogens with zero attached hydrogens (tertiary/aromatic N) is 3. The molecule has 7 heteroatoms. The van der Waals surface area contributed by atoms with Gasteiger partial charge in [-0.2, -0.15) is 0 Å². The predicted octanol–water partition coefficient (Wildman–Crippen LogP) is 0.608. The number of benzene rings is 1. The first-order valence-corrected chi connectivity index (χ1v) is 10.0. The van der Waals surface area contributed by atoms with Crippen LogP contribution < -0.4 is 10.6 Å². The number of nitrogens with one attached hydrogen (secondary N) is 2. The van der Waals surface area contributed by atoms with Crippen molar-refractivity contribution in [1.82, 2.24) is 25.3 Å². The average molecular weight is 371 g/mol. The zero-order valence-corrected chi connectivity index (χ0v) is 15.8. The second kappa shape index (κ2) is 8.27. The summed E-state index contributed by atoms with van der Waals surface area (Å²) >= 11 is 0. The van der Waals surface area contributed by atoms with E-state index in [0.29, 0.717) is 26.2 Å². The molecule has 0 aromatic heterocycles. The number of urea groups is 1. The Morgan fingerprint density at radius 2 is 1.78 bits per heavy atom. The van der Waals surface area contributed by atoms with E-state index in [1.54, 1.807) is 4.90 Å². The molecule has 3 heterocycles. The van der Waals surface area contributed by atoms with E-state index in [0.717, 1.165) is 25.2 Å². The van der Waals surface area contributed by atoms with Crippen molar-refractivity contribution < 1.29 is 9.59 Å². The van der Waals surface area contributed by atoms with Crippen LogP contribution in [-0.2, 0) is 17.9 Å². The van der Waals surface area contributed by atoms with Crippen LogP contribution in [0.5, 0.6) is 0 Å². The van der Waals surface area contributed by atoms with Crippen molar-refractivity contribution in [2.24, 2.45) is 0 Å². The van der Waals surface area contributed by atoms with Gasteiger partial charge in [0.25, 0.3) is 0 Å². The molecule has 0 bridgehead atoms. The third-order valence-electron chi connectivity index (χ3n) is 5.85. The Hall–Kier alpha value is -2.12. The SMILES string of the molecule is O=C1NCCN2CCN(C(=O)NCc3ccc(CN4CCCC4)cc3)CC12. The zero-order chi connectivity index (χ0) is 18.6. The Bertz CT molecular complexity index is 671. The lowest BCUT2D eigenvalue weighted by atomic mass is 10.1. The fraction of sp³-hybridized carbons (Fsp3) is 0.600. The van der Waals surface area contributed by atoms with Crippen LogP contribution in [0, 0.1) is 0 Å². The van der Waals surface area contributed by atoms with Gasteiger partial charge in [0, 0.05) is 45.8 Å². The second-order valence-electron chi connectivity index (χ2n) is 7.75. The highest BCUT2D eigenvalue weighted by atomic mass is 16.2. The predicted molar refractivity (Wildman–Crippen MR) is 103 cm³/mol. The van der Waals surface area contributed by atoms with E-state index in [4.69, 9.17) is 0 Å². The average Bonchev–Trinajstić information content (AvgIpc) is 3.20. The molecule has 3 fully saturated rings. The van der Waals surface area contributed by atoms with E-state index < -0.39 is 0 Å². The molecule has 4 rings (SSSR count). The minimum atomic E-state index is -0.205. The summed E-state index contributed by atoms with van der Waals surface area (Å²) in [4.78, 5) is 30.9. The third-order valence-corrected chi connectivity index (χ3v) is 5.85. The van der Waals surface area contributed by atoms with Crippen LogP contribution in [0.4, 0.5) is 4.79 Å². The van der Waals surface area contributed by atoms with Gasteiger partial charge in [0.2, 0.25) is 5.91 Å². The molecule has 0 radical (unpaired) electrons. The largest absolute Gasteiger partial charge is 0.353 e. The summed E-state index contributed by atoms with van der Waals surface area (Å²) in [6.07, 6.45) is 2.61. The Balaban J connectivity index is 1.25. The van der Waals surface area contributed by atoms with Gasteiger partial charge < -0.3 is 15.5 Å². The van der Waals surface area contributed by atoms with E-state index in [1.165, 1.54) is 31.5 Å². The lowest BCUT2D eigenvalue weighted by molar-refractivity contribution is -0.131. The molecule has 3 aliphatic heterocycles. The van der Waals surface area contributed by atoms with Crippen molar-refractivity contribution in [1.29, 1.82) is 0 Å². The number of likely N-dealkylation sites (tertiary alicyclic amines) is 1. The maximum Gasteiger partial charge on any atom is 0.317 e. The summed E-state index contributed by atoms with van der Waals surface area (Å²) in [5.41, 5.74) is 2.42. The van der Waals surface area contributed by atoms with Gasteiger partial charge >= 0.3 is 6.03 Å². The summed E-state index contributed by atoms with van der Waals surface area (Å²) in [5, 5.41) is 5.88. The van der Waals surface area contributed by atoms with Crippen molar-refractivity contribution in [3.05, 3.63) is 35.4 Å². The summed E-state index contributed by atoms with van der Waals surface area (Å²) in [6.45, 7) is 7.40. The van der Waals surface area contributed by atoms with Crippen molar-refractivity contribution in [3.63, 3.8) is 0 Å². The lowest BCUT2D eigenvalue weighted by Gasteiger charge is -2.42. The molecule has 0 saturated carbocycles. The third kappa shape index (κ3) is 4.42.